The first kappa shape index (κ1) is 15.4. The molecule has 0 spiro atoms. The fourth-order valence-electron chi connectivity index (χ4n) is 1.69. The van der Waals surface area contributed by atoms with E-state index in [1.54, 1.807) is 6.92 Å². The van der Waals surface area contributed by atoms with Crippen LogP contribution in [0.4, 0.5) is 0 Å². The molecule has 0 bridgehead atoms. The SMILES string of the molecule is CCCC(C)(NC(=O)c1cc(C)nc(Cl)n1)C(=O)O. The Kier molecular flexibility index (Phi) is 4.83. The molecule has 0 saturated heterocycles. The van der Waals surface area contributed by atoms with E-state index < -0.39 is 17.4 Å². The van der Waals surface area contributed by atoms with Crippen molar-refractivity contribution in [3.05, 3.63) is 22.7 Å². The lowest BCUT2D eigenvalue weighted by Gasteiger charge is -2.25. The summed E-state index contributed by atoms with van der Waals surface area (Å²) in [6.45, 7) is 4.98. The summed E-state index contributed by atoms with van der Waals surface area (Å²) in [5.41, 5.74) is -0.726. The topological polar surface area (TPSA) is 92.2 Å². The zero-order chi connectivity index (χ0) is 14.6. The summed E-state index contributed by atoms with van der Waals surface area (Å²) in [6.07, 6.45) is 0.957. The fourth-order valence-corrected chi connectivity index (χ4v) is 1.91. The van der Waals surface area contributed by atoms with E-state index in [0.717, 1.165) is 0 Å². The zero-order valence-corrected chi connectivity index (χ0v) is 11.8. The second kappa shape index (κ2) is 5.97. The van der Waals surface area contributed by atoms with Crippen molar-refractivity contribution in [2.75, 3.05) is 0 Å². The molecule has 19 heavy (non-hydrogen) atoms. The Labute approximate surface area is 116 Å². The van der Waals surface area contributed by atoms with E-state index in [2.05, 4.69) is 15.3 Å². The van der Waals surface area contributed by atoms with Gasteiger partial charge in [0.15, 0.2) is 0 Å². The summed E-state index contributed by atoms with van der Waals surface area (Å²) in [7, 11) is 0. The van der Waals surface area contributed by atoms with Gasteiger partial charge < -0.3 is 10.4 Å². The Balaban J connectivity index is 2.97. The maximum atomic E-state index is 12.0. The lowest BCUT2D eigenvalue weighted by molar-refractivity contribution is -0.144. The smallest absolute Gasteiger partial charge is 0.329 e. The highest BCUT2D eigenvalue weighted by molar-refractivity contribution is 6.28. The Bertz CT molecular complexity index is 487. The predicted octanol–water partition coefficient (Wildman–Crippen LogP) is 1.81. The second-order valence-electron chi connectivity index (χ2n) is 4.50. The number of aromatic nitrogens is 2. The molecule has 0 aliphatic carbocycles. The van der Waals surface area contributed by atoms with Crippen LogP contribution in [0.3, 0.4) is 0 Å². The van der Waals surface area contributed by atoms with Gasteiger partial charge >= 0.3 is 5.97 Å². The van der Waals surface area contributed by atoms with Crippen LogP contribution in [0.2, 0.25) is 5.28 Å². The Morgan fingerprint density at radius 1 is 1.47 bits per heavy atom. The van der Waals surface area contributed by atoms with E-state index in [4.69, 9.17) is 11.6 Å². The highest BCUT2D eigenvalue weighted by Crippen LogP contribution is 2.14. The number of carbonyl (C=O) groups excluding carboxylic acids is 1. The van der Waals surface area contributed by atoms with Gasteiger partial charge in [-0.15, -0.1) is 0 Å². The summed E-state index contributed by atoms with van der Waals surface area (Å²) in [4.78, 5) is 30.9. The number of halogens is 1. The van der Waals surface area contributed by atoms with Crippen LogP contribution in [-0.2, 0) is 4.79 Å². The van der Waals surface area contributed by atoms with Gasteiger partial charge in [-0.05, 0) is 37.9 Å². The van der Waals surface area contributed by atoms with E-state index in [-0.39, 0.29) is 11.0 Å². The molecule has 0 aromatic carbocycles. The molecule has 1 atom stereocenters. The van der Waals surface area contributed by atoms with Crippen LogP contribution < -0.4 is 5.32 Å². The largest absolute Gasteiger partial charge is 0.480 e. The summed E-state index contributed by atoms with van der Waals surface area (Å²) in [5.74, 6) is -1.66. The van der Waals surface area contributed by atoms with Gasteiger partial charge in [0.2, 0.25) is 5.28 Å². The number of rotatable bonds is 5. The number of nitrogens with zero attached hydrogens (tertiary/aromatic N) is 2. The third-order valence-electron chi connectivity index (χ3n) is 2.67. The van der Waals surface area contributed by atoms with Crippen molar-refractivity contribution >= 4 is 23.5 Å². The van der Waals surface area contributed by atoms with E-state index in [9.17, 15) is 14.7 Å². The lowest BCUT2D eigenvalue weighted by atomic mass is 9.96. The fraction of sp³-hybridized carbons (Fsp3) is 0.500. The molecular weight excluding hydrogens is 270 g/mol. The first-order chi connectivity index (χ1) is 8.78. The number of hydrogen-bond donors (Lipinski definition) is 2. The number of carboxylic acid groups (broad SMARTS) is 1. The average Bonchev–Trinajstić information content (AvgIpc) is 2.27. The van der Waals surface area contributed by atoms with Crippen LogP contribution in [0.15, 0.2) is 6.07 Å². The standard InChI is InChI=1S/C12H16ClN3O3/c1-4-5-12(3,10(18)19)16-9(17)8-6-7(2)14-11(13)15-8/h6H,4-5H2,1-3H3,(H,16,17)(H,18,19). The number of aliphatic carboxylic acids is 1. The maximum Gasteiger partial charge on any atom is 0.329 e. The summed E-state index contributed by atoms with van der Waals surface area (Å²) in [6, 6.07) is 1.45. The minimum absolute atomic E-state index is 0.0438. The van der Waals surface area contributed by atoms with E-state index in [1.807, 2.05) is 6.92 Å². The molecule has 2 N–H and O–H groups in total. The van der Waals surface area contributed by atoms with E-state index in [0.29, 0.717) is 18.5 Å². The number of hydrogen-bond acceptors (Lipinski definition) is 4. The van der Waals surface area contributed by atoms with Gasteiger partial charge in [0.1, 0.15) is 11.2 Å². The van der Waals surface area contributed by atoms with Gasteiger partial charge in [0, 0.05) is 5.69 Å². The van der Waals surface area contributed by atoms with Crippen molar-refractivity contribution in [1.29, 1.82) is 0 Å². The third kappa shape index (κ3) is 3.89. The molecule has 6 nitrogen and oxygen atoms in total. The van der Waals surface area contributed by atoms with Crippen LogP contribution in [0.25, 0.3) is 0 Å². The Morgan fingerprint density at radius 2 is 2.11 bits per heavy atom. The molecule has 0 aliphatic rings. The molecule has 1 unspecified atom stereocenters. The number of nitrogens with one attached hydrogen (secondary N) is 1. The van der Waals surface area contributed by atoms with Gasteiger partial charge in [-0.25, -0.2) is 14.8 Å². The molecule has 1 aromatic rings. The molecule has 7 heteroatoms. The highest BCUT2D eigenvalue weighted by atomic mass is 35.5. The van der Waals surface area contributed by atoms with Crippen LogP contribution in [0, 0.1) is 6.92 Å². The quantitative estimate of drug-likeness (QED) is 0.805. The summed E-state index contributed by atoms with van der Waals surface area (Å²) < 4.78 is 0. The van der Waals surface area contributed by atoms with Crippen molar-refractivity contribution in [2.45, 2.75) is 39.2 Å². The first-order valence-corrected chi connectivity index (χ1v) is 6.23. The molecule has 104 valence electrons. The Hall–Kier alpha value is -1.69. The van der Waals surface area contributed by atoms with Gasteiger partial charge in [0.25, 0.3) is 5.91 Å². The third-order valence-corrected chi connectivity index (χ3v) is 2.84. The van der Waals surface area contributed by atoms with Gasteiger partial charge in [-0.3, -0.25) is 4.79 Å². The summed E-state index contributed by atoms with van der Waals surface area (Å²) in [5, 5.41) is 11.6. The summed E-state index contributed by atoms with van der Waals surface area (Å²) >= 11 is 5.67. The number of amides is 1. The molecule has 1 aromatic heterocycles. The first-order valence-electron chi connectivity index (χ1n) is 5.85. The maximum absolute atomic E-state index is 12.0. The van der Waals surface area contributed by atoms with Crippen molar-refractivity contribution in [1.82, 2.24) is 15.3 Å². The van der Waals surface area contributed by atoms with Crippen LogP contribution in [0.5, 0.6) is 0 Å². The van der Waals surface area contributed by atoms with E-state index in [1.165, 1.54) is 13.0 Å². The monoisotopic (exact) mass is 285 g/mol. The predicted molar refractivity (Wildman–Crippen MR) is 70.2 cm³/mol. The number of carboxylic acids is 1. The van der Waals surface area contributed by atoms with E-state index >= 15 is 0 Å². The van der Waals surface area contributed by atoms with Gasteiger partial charge in [-0.2, -0.15) is 0 Å². The molecule has 0 aliphatic heterocycles. The molecule has 1 heterocycles. The van der Waals surface area contributed by atoms with Crippen molar-refractivity contribution < 1.29 is 14.7 Å². The molecule has 0 fully saturated rings. The highest BCUT2D eigenvalue weighted by Gasteiger charge is 2.34. The molecule has 0 saturated carbocycles. The number of carbonyl (C=O) groups is 2. The van der Waals surface area contributed by atoms with Crippen molar-refractivity contribution in [3.63, 3.8) is 0 Å². The minimum Gasteiger partial charge on any atom is -0.480 e. The zero-order valence-electron chi connectivity index (χ0n) is 11.0. The number of aryl methyl sites for hydroxylation is 1. The molecule has 1 rings (SSSR count). The Morgan fingerprint density at radius 3 is 2.58 bits per heavy atom. The van der Waals surface area contributed by atoms with Crippen molar-refractivity contribution in [3.8, 4) is 0 Å². The normalized spacial score (nSPS) is 13.7. The molecule has 0 radical (unpaired) electrons. The van der Waals surface area contributed by atoms with Crippen LogP contribution in [-0.4, -0.2) is 32.5 Å². The average molecular weight is 286 g/mol. The molecule has 1 amide bonds. The van der Waals surface area contributed by atoms with Gasteiger partial charge in [-0.1, -0.05) is 13.3 Å². The van der Waals surface area contributed by atoms with Gasteiger partial charge in [0.05, 0.1) is 0 Å². The lowest BCUT2D eigenvalue weighted by Crippen LogP contribution is -2.52. The van der Waals surface area contributed by atoms with Crippen LogP contribution >= 0.6 is 11.6 Å². The van der Waals surface area contributed by atoms with Crippen molar-refractivity contribution in [2.24, 2.45) is 0 Å². The minimum atomic E-state index is -1.32. The molecular formula is C12H16ClN3O3. The van der Waals surface area contributed by atoms with Crippen LogP contribution in [0.1, 0.15) is 42.9 Å². The second-order valence-corrected chi connectivity index (χ2v) is 4.84.